The van der Waals surface area contributed by atoms with Crippen molar-refractivity contribution in [3.8, 4) is 5.75 Å². The lowest BCUT2D eigenvalue weighted by Gasteiger charge is -2.24. The van der Waals surface area contributed by atoms with Crippen molar-refractivity contribution < 1.29 is 14.6 Å². The van der Waals surface area contributed by atoms with Gasteiger partial charge in [-0.2, -0.15) is 0 Å². The second-order valence-electron chi connectivity index (χ2n) is 6.71. The first kappa shape index (κ1) is 18.8. The Labute approximate surface area is 149 Å². The number of aliphatic hydroxyl groups is 1. The van der Waals surface area contributed by atoms with Gasteiger partial charge in [-0.15, -0.1) is 0 Å². The van der Waals surface area contributed by atoms with Crippen LogP contribution in [-0.4, -0.2) is 30.4 Å². The molecule has 5 heteroatoms. The highest BCUT2D eigenvalue weighted by Gasteiger charge is 2.22. The number of carbonyl (C=O) groups is 1. The minimum atomic E-state index is -1.05. The van der Waals surface area contributed by atoms with Gasteiger partial charge in [0.05, 0.1) is 12.7 Å². The summed E-state index contributed by atoms with van der Waals surface area (Å²) in [6.07, 6.45) is 0.431. The van der Waals surface area contributed by atoms with E-state index in [4.69, 9.17) is 4.74 Å². The van der Waals surface area contributed by atoms with Crippen LogP contribution in [0.1, 0.15) is 23.6 Å². The van der Waals surface area contributed by atoms with E-state index in [1.165, 1.54) is 0 Å². The number of ether oxygens (including phenoxy) is 1. The zero-order valence-corrected chi connectivity index (χ0v) is 15.2. The van der Waals surface area contributed by atoms with Gasteiger partial charge in [-0.3, -0.25) is 0 Å². The molecular formula is C20H26N2O3. The molecule has 1 unspecified atom stereocenters. The lowest BCUT2D eigenvalue weighted by atomic mass is 9.96. The molecule has 0 saturated carbocycles. The molecule has 0 aliphatic carbocycles. The van der Waals surface area contributed by atoms with E-state index >= 15 is 0 Å². The summed E-state index contributed by atoms with van der Waals surface area (Å²) in [6.45, 7) is 5.81. The highest BCUT2D eigenvalue weighted by molar-refractivity contribution is 5.89. The van der Waals surface area contributed by atoms with Crippen molar-refractivity contribution >= 4 is 11.7 Å². The Balaban J connectivity index is 1.88. The first-order chi connectivity index (χ1) is 11.8. The molecule has 134 valence electrons. The van der Waals surface area contributed by atoms with Crippen molar-refractivity contribution in [2.45, 2.75) is 32.8 Å². The van der Waals surface area contributed by atoms with Crippen LogP contribution in [0.15, 0.2) is 42.5 Å². The van der Waals surface area contributed by atoms with Crippen LogP contribution in [0, 0.1) is 13.8 Å². The number of methoxy groups -OCH3 is 1. The number of amides is 2. The topological polar surface area (TPSA) is 70.6 Å². The average Bonchev–Trinajstić information content (AvgIpc) is 2.52. The summed E-state index contributed by atoms with van der Waals surface area (Å²) in [6, 6.07) is 13.0. The molecule has 0 aliphatic heterocycles. The average molecular weight is 342 g/mol. The maximum Gasteiger partial charge on any atom is 0.319 e. The molecule has 0 radical (unpaired) electrons. The van der Waals surface area contributed by atoms with Crippen LogP contribution in [0.5, 0.6) is 5.75 Å². The zero-order chi connectivity index (χ0) is 18.4. The first-order valence-electron chi connectivity index (χ1n) is 8.26. The molecular weight excluding hydrogens is 316 g/mol. The number of benzene rings is 2. The third-order valence-electron chi connectivity index (χ3n) is 3.85. The minimum Gasteiger partial charge on any atom is -0.497 e. The van der Waals surface area contributed by atoms with Crippen molar-refractivity contribution in [3.63, 3.8) is 0 Å². The van der Waals surface area contributed by atoms with Gasteiger partial charge in [-0.05, 0) is 61.7 Å². The lowest BCUT2D eigenvalue weighted by Crippen LogP contribution is -2.43. The molecule has 3 N–H and O–H groups in total. The van der Waals surface area contributed by atoms with Crippen LogP contribution in [0.25, 0.3) is 0 Å². The molecule has 0 spiro atoms. The quantitative estimate of drug-likeness (QED) is 0.753. The van der Waals surface area contributed by atoms with Crippen LogP contribution in [0.4, 0.5) is 10.5 Å². The van der Waals surface area contributed by atoms with Crippen molar-refractivity contribution in [1.29, 1.82) is 0 Å². The fourth-order valence-corrected chi connectivity index (χ4v) is 2.74. The normalized spacial score (nSPS) is 13.0. The lowest BCUT2D eigenvalue weighted by molar-refractivity contribution is 0.0629. The monoisotopic (exact) mass is 342 g/mol. The number of carbonyl (C=O) groups excluding carboxylic acids is 1. The first-order valence-corrected chi connectivity index (χ1v) is 8.26. The highest BCUT2D eigenvalue weighted by atomic mass is 16.5. The number of aryl methyl sites for hydroxylation is 2. The van der Waals surface area contributed by atoms with Gasteiger partial charge >= 0.3 is 6.03 Å². The molecule has 2 amide bonds. The number of hydrogen-bond acceptors (Lipinski definition) is 3. The van der Waals surface area contributed by atoms with E-state index in [0.29, 0.717) is 6.42 Å². The van der Waals surface area contributed by atoms with Gasteiger partial charge in [-0.25, -0.2) is 4.79 Å². The van der Waals surface area contributed by atoms with E-state index in [1.807, 2.05) is 56.3 Å². The molecule has 0 heterocycles. The summed E-state index contributed by atoms with van der Waals surface area (Å²) in [5.74, 6) is 0.773. The predicted molar refractivity (Wildman–Crippen MR) is 100 cm³/mol. The number of hydrogen-bond donors (Lipinski definition) is 3. The van der Waals surface area contributed by atoms with Crippen molar-refractivity contribution in [2.24, 2.45) is 0 Å². The molecule has 2 aromatic rings. The Morgan fingerprint density at radius 3 is 2.28 bits per heavy atom. The number of rotatable bonds is 6. The third kappa shape index (κ3) is 6.12. The molecule has 0 bridgehead atoms. The number of urea groups is 1. The van der Waals surface area contributed by atoms with E-state index < -0.39 is 5.60 Å². The van der Waals surface area contributed by atoms with Gasteiger partial charge in [0, 0.05) is 18.7 Å². The number of nitrogens with one attached hydrogen (secondary N) is 2. The number of anilines is 1. The van der Waals surface area contributed by atoms with E-state index in [1.54, 1.807) is 14.0 Å². The van der Waals surface area contributed by atoms with Crippen LogP contribution in [0.3, 0.4) is 0 Å². The summed E-state index contributed by atoms with van der Waals surface area (Å²) >= 11 is 0. The Morgan fingerprint density at radius 1 is 1.12 bits per heavy atom. The molecule has 2 aromatic carbocycles. The molecule has 1 atom stereocenters. The van der Waals surface area contributed by atoms with Crippen molar-refractivity contribution in [3.05, 3.63) is 59.2 Å². The maximum absolute atomic E-state index is 12.1. The summed E-state index contributed by atoms with van der Waals surface area (Å²) in [4.78, 5) is 12.1. The van der Waals surface area contributed by atoms with E-state index in [2.05, 4.69) is 10.6 Å². The fourth-order valence-electron chi connectivity index (χ4n) is 2.74. The Hall–Kier alpha value is -2.53. The Bertz CT molecular complexity index is 704. The van der Waals surface area contributed by atoms with Crippen molar-refractivity contribution in [2.75, 3.05) is 19.0 Å². The van der Waals surface area contributed by atoms with Crippen molar-refractivity contribution in [1.82, 2.24) is 5.32 Å². The van der Waals surface area contributed by atoms with Crippen LogP contribution in [-0.2, 0) is 6.42 Å². The Kier molecular flexibility index (Phi) is 6.04. The smallest absolute Gasteiger partial charge is 0.319 e. The predicted octanol–water partition coefficient (Wildman–Crippen LogP) is 3.43. The van der Waals surface area contributed by atoms with Gasteiger partial charge in [-0.1, -0.05) is 18.2 Å². The molecule has 0 aliphatic rings. The third-order valence-corrected chi connectivity index (χ3v) is 3.85. The second-order valence-corrected chi connectivity index (χ2v) is 6.71. The van der Waals surface area contributed by atoms with Gasteiger partial charge < -0.3 is 20.5 Å². The highest BCUT2D eigenvalue weighted by Crippen LogP contribution is 2.17. The molecule has 0 aromatic heterocycles. The summed E-state index contributed by atoms with van der Waals surface area (Å²) in [7, 11) is 1.61. The molecule has 2 rings (SSSR count). The summed E-state index contributed by atoms with van der Waals surface area (Å²) in [5.41, 5.74) is 2.84. The Morgan fingerprint density at radius 2 is 1.72 bits per heavy atom. The van der Waals surface area contributed by atoms with Gasteiger partial charge in [0.2, 0.25) is 0 Å². The van der Waals surface area contributed by atoms with Crippen LogP contribution >= 0.6 is 0 Å². The van der Waals surface area contributed by atoms with Gasteiger partial charge in [0.1, 0.15) is 5.75 Å². The second kappa shape index (κ2) is 8.03. The van der Waals surface area contributed by atoms with Gasteiger partial charge in [0.25, 0.3) is 0 Å². The fraction of sp³-hybridized carbons (Fsp3) is 0.350. The van der Waals surface area contributed by atoms with E-state index in [-0.39, 0.29) is 12.6 Å². The summed E-state index contributed by atoms with van der Waals surface area (Å²) in [5, 5.41) is 16.0. The summed E-state index contributed by atoms with van der Waals surface area (Å²) < 4.78 is 5.12. The van der Waals surface area contributed by atoms with Crippen LogP contribution < -0.4 is 15.4 Å². The molecule has 0 saturated heterocycles. The maximum atomic E-state index is 12.1. The van der Waals surface area contributed by atoms with Gasteiger partial charge in [0.15, 0.2) is 0 Å². The van der Waals surface area contributed by atoms with Crippen LogP contribution in [0.2, 0.25) is 0 Å². The molecule has 5 nitrogen and oxygen atoms in total. The zero-order valence-electron chi connectivity index (χ0n) is 15.2. The minimum absolute atomic E-state index is 0.148. The SMILES string of the molecule is COc1ccc(CC(C)(O)CNC(=O)Nc2cc(C)cc(C)c2)cc1. The molecule has 25 heavy (non-hydrogen) atoms. The molecule has 0 fully saturated rings. The largest absolute Gasteiger partial charge is 0.497 e. The van der Waals surface area contributed by atoms with E-state index in [0.717, 1.165) is 28.1 Å². The standard InChI is InChI=1S/C20H26N2O3/c1-14-9-15(2)11-17(10-14)22-19(23)21-13-20(3,24)12-16-5-7-18(25-4)8-6-16/h5-11,24H,12-13H2,1-4H3,(H2,21,22,23). The van der Waals surface area contributed by atoms with E-state index in [9.17, 15) is 9.90 Å².